The Bertz CT molecular complexity index is 972. The van der Waals surface area contributed by atoms with E-state index in [9.17, 15) is 17.6 Å². The van der Waals surface area contributed by atoms with Crippen molar-refractivity contribution < 1.29 is 22.3 Å². The van der Waals surface area contributed by atoms with Crippen molar-refractivity contribution in [3.8, 4) is 0 Å². The van der Waals surface area contributed by atoms with Gasteiger partial charge in [-0.3, -0.25) is 4.79 Å². The smallest absolute Gasteiger partial charge is 0.255 e. The number of nitrogens with one attached hydrogen (secondary N) is 1. The lowest BCUT2D eigenvalue weighted by atomic mass is 10.2. The molecular formula is C19H20ClFN2O4S. The Balaban J connectivity index is 1.77. The van der Waals surface area contributed by atoms with Crippen LogP contribution in [-0.4, -0.2) is 43.9 Å². The van der Waals surface area contributed by atoms with Crippen molar-refractivity contribution >= 4 is 33.2 Å². The molecule has 2 aromatic carbocycles. The molecule has 3 rings (SSSR count). The van der Waals surface area contributed by atoms with E-state index in [2.05, 4.69) is 5.32 Å². The molecule has 28 heavy (non-hydrogen) atoms. The van der Waals surface area contributed by atoms with E-state index in [0.29, 0.717) is 0 Å². The molecule has 0 bridgehead atoms. The van der Waals surface area contributed by atoms with Crippen molar-refractivity contribution in [1.29, 1.82) is 0 Å². The molecule has 1 saturated heterocycles. The lowest BCUT2D eigenvalue weighted by Gasteiger charge is -2.34. The average molecular weight is 427 g/mol. The number of hydrogen-bond donors (Lipinski definition) is 1. The molecule has 0 aromatic heterocycles. The largest absolute Gasteiger partial charge is 0.373 e. The third kappa shape index (κ3) is 4.35. The summed E-state index contributed by atoms with van der Waals surface area (Å²) in [5, 5.41) is 2.32. The van der Waals surface area contributed by atoms with Gasteiger partial charge in [-0.05, 0) is 50.2 Å². The minimum atomic E-state index is -3.70. The lowest BCUT2D eigenvalue weighted by molar-refractivity contribution is -0.0440. The van der Waals surface area contributed by atoms with Crippen LogP contribution < -0.4 is 5.32 Å². The van der Waals surface area contributed by atoms with E-state index in [1.165, 1.54) is 46.8 Å². The first kappa shape index (κ1) is 20.7. The van der Waals surface area contributed by atoms with Gasteiger partial charge in [0.2, 0.25) is 10.0 Å². The van der Waals surface area contributed by atoms with Gasteiger partial charge in [-0.15, -0.1) is 0 Å². The van der Waals surface area contributed by atoms with Gasteiger partial charge in [0.1, 0.15) is 0 Å². The molecule has 0 aliphatic carbocycles. The number of halogens is 2. The summed E-state index contributed by atoms with van der Waals surface area (Å²) < 4.78 is 46.6. The second-order valence-electron chi connectivity index (χ2n) is 6.66. The number of amides is 1. The SMILES string of the molecule is C[C@@H]1CN(S(=O)(=O)c2ccc(C(=O)Nc3cccc(Cl)c3F)cc2)C[C@@H](C)O1. The number of sulfonamides is 1. The van der Waals surface area contributed by atoms with Crippen LogP contribution in [0.25, 0.3) is 0 Å². The molecule has 1 heterocycles. The molecule has 0 spiro atoms. The molecule has 1 fully saturated rings. The van der Waals surface area contributed by atoms with Gasteiger partial charge in [-0.1, -0.05) is 17.7 Å². The van der Waals surface area contributed by atoms with Gasteiger partial charge in [0, 0.05) is 18.7 Å². The molecule has 150 valence electrons. The van der Waals surface area contributed by atoms with E-state index in [0.717, 1.165) is 0 Å². The van der Waals surface area contributed by atoms with E-state index >= 15 is 0 Å². The van der Waals surface area contributed by atoms with E-state index in [-0.39, 0.29) is 46.5 Å². The van der Waals surface area contributed by atoms with E-state index < -0.39 is 21.7 Å². The van der Waals surface area contributed by atoms with E-state index in [1.807, 2.05) is 13.8 Å². The van der Waals surface area contributed by atoms with Crippen LogP contribution in [0, 0.1) is 5.82 Å². The zero-order valence-corrected chi connectivity index (χ0v) is 16.9. The second kappa shape index (κ2) is 8.16. The van der Waals surface area contributed by atoms with Gasteiger partial charge in [0.15, 0.2) is 5.82 Å². The second-order valence-corrected chi connectivity index (χ2v) is 9.00. The van der Waals surface area contributed by atoms with Crippen LogP contribution >= 0.6 is 11.6 Å². The van der Waals surface area contributed by atoms with Crippen molar-refractivity contribution in [2.24, 2.45) is 0 Å². The Morgan fingerprint density at radius 1 is 1.14 bits per heavy atom. The molecule has 1 aliphatic heterocycles. The summed E-state index contributed by atoms with van der Waals surface area (Å²) in [6.45, 7) is 4.17. The van der Waals surface area contributed by atoms with Crippen LogP contribution in [0.2, 0.25) is 5.02 Å². The minimum absolute atomic E-state index is 0.0505. The monoisotopic (exact) mass is 426 g/mol. The summed E-state index contributed by atoms with van der Waals surface area (Å²) in [6.07, 6.45) is -0.396. The van der Waals surface area contributed by atoms with Crippen LogP contribution in [0.1, 0.15) is 24.2 Å². The molecule has 9 heteroatoms. The highest BCUT2D eigenvalue weighted by Gasteiger charge is 2.32. The fourth-order valence-corrected chi connectivity index (χ4v) is 4.81. The first-order valence-corrected chi connectivity index (χ1v) is 10.5. The summed E-state index contributed by atoms with van der Waals surface area (Å²) in [7, 11) is -3.70. The summed E-state index contributed by atoms with van der Waals surface area (Å²) in [4.78, 5) is 12.4. The maximum Gasteiger partial charge on any atom is 0.255 e. The molecular weight excluding hydrogens is 407 g/mol. The number of hydrogen-bond acceptors (Lipinski definition) is 4. The fourth-order valence-electron chi connectivity index (χ4n) is 3.05. The summed E-state index contributed by atoms with van der Waals surface area (Å²) in [6, 6.07) is 9.78. The number of carbonyl (C=O) groups is 1. The highest BCUT2D eigenvalue weighted by molar-refractivity contribution is 7.89. The number of ether oxygens (including phenoxy) is 1. The molecule has 6 nitrogen and oxygen atoms in total. The summed E-state index contributed by atoms with van der Waals surface area (Å²) in [5.41, 5.74) is 0.146. The van der Waals surface area contributed by atoms with Crippen molar-refractivity contribution in [3.63, 3.8) is 0 Å². The Morgan fingerprint density at radius 2 is 1.75 bits per heavy atom. The normalized spacial score (nSPS) is 20.7. The highest BCUT2D eigenvalue weighted by atomic mass is 35.5. The topological polar surface area (TPSA) is 75.7 Å². The van der Waals surface area contributed by atoms with Gasteiger partial charge < -0.3 is 10.1 Å². The number of nitrogens with zero attached hydrogens (tertiary/aromatic N) is 1. The number of benzene rings is 2. The minimum Gasteiger partial charge on any atom is -0.373 e. The fraction of sp³-hybridized carbons (Fsp3) is 0.316. The summed E-state index contributed by atoms with van der Waals surface area (Å²) >= 11 is 5.70. The molecule has 2 atom stereocenters. The lowest BCUT2D eigenvalue weighted by Crippen LogP contribution is -2.48. The standard InChI is InChI=1S/C19H20ClFN2O4S/c1-12-10-23(11-13(2)27-12)28(25,26)15-8-6-14(7-9-15)19(24)22-17-5-3-4-16(20)18(17)21/h3-9,12-13H,10-11H2,1-2H3,(H,22,24)/t12-,13-/m1/s1. The zero-order chi connectivity index (χ0) is 20.5. The number of rotatable bonds is 4. The Kier molecular flexibility index (Phi) is 6.04. The molecule has 2 aromatic rings. The van der Waals surface area contributed by atoms with Gasteiger partial charge in [0.25, 0.3) is 5.91 Å². The van der Waals surface area contributed by atoms with Crippen LogP contribution in [0.5, 0.6) is 0 Å². The molecule has 0 unspecified atom stereocenters. The molecule has 0 saturated carbocycles. The van der Waals surface area contributed by atoms with Crippen molar-refractivity contribution in [1.82, 2.24) is 4.31 Å². The van der Waals surface area contributed by atoms with Crippen LogP contribution in [0.4, 0.5) is 10.1 Å². The maximum absolute atomic E-state index is 13.9. The third-order valence-corrected chi connectivity index (χ3v) is 6.48. The maximum atomic E-state index is 13.9. The zero-order valence-electron chi connectivity index (χ0n) is 15.4. The number of carbonyl (C=O) groups excluding carboxylic acids is 1. The molecule has 1 N–H and O–H groups in total. The molecule has 1 amide bonds. The number of morpholine rings is 1. The van der Waals surface area contributed by atoms with Crippen LogP contribution in [0.15, 0.2) is 47.4 Å². The quantitative estimate of drug-likeness (QED) is 0.811. The van der Waals surface area contributed by atoms with E-state index in [1.54, 1.807) is 0 Å². The molecule has 1 aliphatic rings. The van der Waals surface area contributed by atoms with Crippen molar-refractivity contribution in [3.05, 3.63) is 58.9 Å². The van der Waals surface area contributed by atoms with E-state index in [4.69, 9.17) is 16.3 Å². The third-order valence-electron chi connectivity index (χ3n) is 4.34. The Hall–Kier alpha value is -2.00. The van der Waals surface area contributed by atoms with Gasteiger partial charge in [-0.2, -0.15) is 4.31 Å². The predicted octanol–water partition coefficient (Wildman–Crippen LogP) is 3.53. The first-order valence-electron chi connectivity index (χ1n) is 8.69. The number of anilines is 1. The Morgan fingerprint density at radius 3 is 2.36 bits per heavy atom. The molecule has 0 radical (unpaired) electrons. The Labute approximate surface area is 168 Å². The van der Waals surface area contributed by atoms with Gasteiger partial charge in [0.05, 0.1) is 27.8 Å². The van der Waals surface area contributed by atoms with Crippen molar-refractivity contribution in [2.45, 2.75) is 31.0 Å². The average Bonchev–Trinajstić information content (AvgIpc) is 2.64. The van der Waals surface area contributed by atoms with Crippen LogP contribution in [-0.2, 0) is 14.8 Å². The van der Waals surface area contributed by atoms with Gasteiger partial charge in [-0.25, -0.2) is 12.8 Å². The van der Waals surface area contributed by atoms with Crippen molar-refractivity contribution in [2.75, 3.05) is 18.4 Å². The highest BCUT2D eigenvalue weighted by Crippen LogP contribution is 2.24. The van der Waals surface area contributed by atoms with Crippen LogP contribution in [0.3, 0.4) is 0 Å². The summed E-state index contributed by atoms with van der Waals surface area (Å²) in [5.74, 6) is -1.30. The first-order chi connectivity index (χ1) is 13.2. The predicted molar refractivity (Wildman–Crippen MR) is 105 cm³/mol. The van der Waals surface area contributed by atoms with Gasteiger partial charge >= 0.3 is 0 Å².